The van der Waals surface area contributed by atoms with Gasteiger partial charge in [0, 0.05) is 11.4 Å². The molecule has 0 radical (unpaired) electrons. The molecule has 0 saturated heterocycles. The van der Waals surface area contributed by atoms with Crippen LogP contribution >= 0.6 is 11.8 Å². The lowest BCUT2D eigenvalue weighted by atomic mass is 10.3. The molecule has 3 heteroatoms. The molecule has 0 atom stereocenters. The van der Waals surface area contributed by atoms with E-state index in [9.17, 15) is 0 Å². The molecule has 0 amide bonds. The van der Waals surface area contributed by atoms with Gasteiger partial charge in [0.25, 0.3) is 0 Å². The average Bonchev–Trinajstić information content (AvgIpc) is 2.25. The molecule has 1 rings (SSSR count). The highest BCUT2D eigenvalue weighted by Gasteiger charge is 1.98. The van der Waals surface area contributed by atoms with Gasteiger partial charge in [-0.2, -0.15) is 0 Å². The lowest BCUT2D eigenvalue weighted by Crippen LogP contribution is -1.97. The number of hydrogen-bond donors (Lipinski definition) is 1. The third kappa shape index (κ3) is 3.44. The predicted molar refractivity (Wildman–Crippen MR) is 61.9 cm³/mol. The number of ether oxygens (including phenoxy) is 1. The third-order valence-electron chi connectivity index (χ3n) is 1.71. The van der Waals surface area contributed by atoms with Crippen molar-refractivity contribution < 1.29 is 4.74 Å². The maximum atomic E-state index is 5.57. The first kappa shape index (κ1) is 11.1. The first-order valence-electron chi connectivity index (χ1n) is 4.49. The van der Waals surface area contributed by atoms with E-state index in [0.717, 1.165) is 10.6 Å². The van der Waals surface area contributed by atoms with Gasteiger partial charge < -0.3 is 10.5 Å². The highest BCUT2D eigenvalue weighted by atomic mass is 32.2. The summed E-state index contributed by atoms with van der Waals surface area (Å²) < 4.78 is 5.57. The molecular formula is C11H15NOS. The molecule has 2 N–H and O–H groups in total. The standard InChI is InChI=1S/C11H15NOS/c1-14-11-7-3-2-6-10(11)13-9-5-4-8-12/h2-7H,8-9,12H2,1H3. The van der Waals surface area contributed by atoms with Crippen molar-refractivity contribution in [1.82, 2.24) is 0 Å². The van der Waals surface area contributed by atoms with Crippen molar-refractivity contribution in [2.45, 2.75) is 4.90 Å². The number of hydrogen-bond acceptors (Lipinski definition) is 3. The first-order chi connectivity index (χ1) is 6.88. The van der Waals surface area contributed by atoms with E-state index in [0.29, 0.717) is 13.2 Å². The average molecular weight is 209 g/mol. The van der Waals surface area contributed by atoms with E-state index in [2.05, 4.69) is 0 Å². The van der Waals surface area contributed by atoms with E-state index in [1.807, 2.05) is 42.7 Å². The summed E-state index contributed by atoms with van der Waals surface area (Å²) in [7, 11) is 0. The molecule has 0 bridgehead atoms. The molecule has 0 aliphatic rings. The van der Waals surface area contributed by atoms with Gasteiger partial charge in [-0.05, 0) is 18.4 Å². The topological polar surface area (TPSA) is 35.2 Å². The van der Waals surface area contributed by atoms with Gasteiger partial charge in [0.2, 0.25) is 0 Å². The highest BCUT2D eigenvalue weighted by Crippen LogP contribution is 2.26. The van der Waals surface area contributed by atoms with Crippen LogP contribution in [0.2, 0.25) is 0 Å². The number of thioether (sulfide) groups is 1. The van der Waals surface area contributed by atoms with Crippen LogP contribution in [-0.4, -0.2) is 19.4 Å². The highest BCUT2D eigenvalue weighted by molar-refractivity contribution is 7.98. The first-order valence-corrected chi connectivity index (χ1v) is 5.72. The van der Waals surface area contributed by atoms with Gasteiger partial charge in [-0.25, -0.2) is 0 Å². The molecule has 2 nitrogen and oxygen atoms in total. The number of nitrogens with two attached hydrogens (primary N) is 1. The second-order valence-corrected chi connectivity index (χ2v) is 3.52. The Morgan fingerprint density at radius 2 is 2.14 bits per heavy atom. The van der Waals surface area contributed by atoms with Gasteiger partial charge >= 0.3 is 0 Å². The molecule has 76 valence electrons. The predicted octanol–water partition coefficient (Wildman–Crippen LogP) is 2.30. The fraction of sp³-hybridized carbons (Fsp3) is 0.273. The van der Waals surface area contributed by atoms with Crippen LogP contribution < -0.4 is 10.5 Å². The van der Waals surface area contributed by atoms with Crippen LogP contribution in [0.3, 0.4) is 0 Å². The Kier molecular flexibility index (Phi) is 5.19. The Morgan fingerprint density at radius 3 is 2.86 bits per heavy atom. The Hall–Kier alpha value is -0.930. The zero-order valence-electron chi connectivity index (χ0n) is 8.27. The van der Waals surface area contributed by atoms with Crippen LogP contribution in [0.25, 0.3) is 0 Å². The van der Waals surface area contributed by atoms with E-state index in [-0.39, 0.29) is 0 Å². The third-order valence-corrected chi connectivity index (χ3v) is 2.48. The maximum Gasteiger partial charge on any atom is 0.133 e. The minimum atomic E-state index is 0.563. The maximum absolute atomic E-state index is 5.57. The van der Waals surface area contributed by atoms with Crippen molar-refractivity contribution >= 4 is 11.8 Å². The summed E-state index contributed by atoms with van der Waals surface area (Å²) in [6, 6.07) is 8.00. The van der Waals surface area contributed by atoms with Crippen LogP contribution in [0.5, 0.6) is 5.75 Å². The second kappa shape index (κ2) is 6.51. The van der Waals surface area contributed by atoms with E-state index in [4.69, 9.17) is 10.5 Å². The van der Waals surface area contributed by atoms with Gasteiger partial charge in [0.15, 0.2) is 0 Å². The molecule has 0 aliphatic heterocycles. The van der Waals surface area contributed by atoms with Crippen molar-refractivity contribution in [1.29, 1.82) is 0 Å². The summed E-state index contributed by atoms with van der Waals surface area (Å²) in [6.07, 6.45) is 5.86. The van der Waals surface area contributed by atoms with Crippen LogP contribution in [0.1, 0.15) is 0 Å². The molecule has 0 spiro atoms. The van der Waals surface area contributed by atoms with Crippen molar-refractivity contribution in [2.75, 3.05) is 19.4 Å². The molecule has 14 heavy (non-hydrogen) atoms. The Bertz CT molecular complexity index is 299. The van der Waals surface area contributed by atoms with Crippen LogP contribution in [0, 0.1) is 0 Å². The minimum absolute atomic E-state index is 0.563. The van der Waals surface area contributed by atoms with Gasteiger partial charge in [-0.3, -0.25) is 0 Å². The zero-order chi connectivity index (χ0) is 10.2. The van der Waals surface area contributed by atoms with Crippen LogP contribution in [-0.2, 0) is 0 Å². The summed E-state index contributed by atoms with van der Waals surface area (Å²) in [6.45, 7) is 1.14. The minimum Gasteiger partial charge on any atom is -0.488 e. The van der Waals surface area contributed by atoms with Gasteiger partial charge in [0.05, 0.1) is 0 Å². The summed E-state index contributed by atoms with van der Waals surface area (Å²) in [5, 5.41) is 0. The number of benzene rings is 1. The monoisotopic (exact) mass is 209 g/mol. The molecule has 0 aromatic heterocycles. The molecule has 0 unspecified atom stereocenters. The zero-order valence-corrected chi connectivity index (χ0v) is 9.09. The van der Waals surface area contributed by atoms with Crippen molar-refractivity contribution in [3.63, 3.8) is 0 Å². The van der Waals surface area contributed by atoms with E-state index in [1.54, 1.807) is 11.8 Å². The summed E-state index contributed by atoms with van der Waals surface area (Å²) >= 11 is 1.69. The molecule has 0 aliphatic carbocycles. The summed E-state index contributed by atoms with van der Waals surface area (Å²) in [5.41, 5.74) is 5.32. The molecule has 0 saturated carbocycles. The number of rotatable bonds is 5. The van der Waals surface area contributed by atoms with Gasteiger partial charge in [-0.15, -0.1) is 11.8 Å². The fourth-order valence-electron chi connectivity index (χ4n) is 1.04. The normalized spacial score (nSPS) is 10.7. The van der Waals surface area contributed by atoms with E-state index in [1.165, 1.54) is 0 Å². The van der Waals surface area contributed by atoms with Crippen LogP contribution in [0.15, 0.2) is 41.3 Å². The Morgan fingerprint density at radius 1 is 1.36 bits per heavy atom. The molecular weight excluding hydrogens is 194 g/mol. The largest absolute Gasteiger partial charge is 0.488 e. The summed E-state index contributed by atoms with van der Waals surface area (Å²) in [4.78, 5) is 1.16. The molecule has 0 fully saturated rings. The molecule has 1 aromatic rings. The Balaban J connectivity index is 2.53. The summed E-state index contributed by atoms with van der Waals surface area (Å²) in [5.74, 6) is 0.932. The molecule has 1 aromatic carbocycles. The fourth-order valence-corrected chi connectivity index (χ4v) is 1.58. The van der Waals surface area contributed by atoms with Gasteiger partial charge in [-0.1, -0.05) is 24.3 Å². The van der Waals surface area contributed by atoms with Crippen molar-refractivity contribution in [3.05, 3.63) is 36.4 Å². The van der Waals surface area contributed by atoms with Crippen molar-refractivity contribution in [2.24, 2.45) is 5.73 Å². The Labute approximate surface area is 89.1 Å². The van der Waals surface area contributed by atoms with Crippen LogP contribution in [0.4, 0.5) is 0 Å². The van der Waals surface area contributed by atoms with Gasteiger partial charge in [0.1, 0.15) is 12.4 Å². The van der Waals surface area contributed by atoms with Crippen molar-refractivity contribution in [3.8, 4) is 5.75 Å². The smallest absolute Gasteiger partial charge is 0.133 e. The SMILES string of the molecule is CSc1ccccc1OCC=CCN. The lowest BCUT2D eigenvalue weighted by Gasteiger charge is -2.07. The lowest BCUT2D eigenvalue weighted by molar-refractivity contribution is 0.354. The quantitative estimate of drug-likeness (QED) is 0.597. The molecule has 0 heterocycles. The second-order valence-electron chi connectivity index (χ2n) is 2.67. The number of para-hydroxylation sites is 1. The van der Waals surface area contributed by atoms with E-state index >= 15 is 0 Å². The van der Waals surface area contributed by atoms with E-state index < -0.39 is 0 Å².